The summed E-state index contributed by atoms with van der Waals surface area (Å²) in [6, 6.07) is 13.6. The van der Waals surface area contributed by atoms with E-state index in [0.717, 1.165) is 15.4 Å². The number of carbonyl (C=O) groups is 2. The summed E-state index contributed by atoms with van der Waals surface area (Å²) in [6.45, 7) is 6.88. The van der Waals surface area contributed by atoms with Gasteiger partial charge in [-0.1, -0.05) is 42.3 Å². The number of sulfonamides is 1. The Bertz CT molecular complexity index is 1540. The summed E-state index contributed by atoms with van der Waals surface area (Å²) in [5.41, 5.74) is 2.36. The fourth-order valence-electron chi connectivity index (χ4n) is 4.79. The Morgan fingerprint density at radius 2 is 1.51 bits per heavy atom. The zero-order valence-corrected chi connectivity index (χ0v) is 27.4. The lowest BCUT2D eigenvalue weighted by atomic mass is 10.1. The average molecular weight is 651 g/mol. The molecule has 43 heavy (non-hydrogen) atoms. The number of ether oxygens (including phenoxy) is 2. The first-order valence-corrected chi connectivity index (χ1v) is 15.9. The predicted octanol–water partition coefficient (Wildman–Crippen LogP) is 5.77. The number of nitrogens with zero attached hydrogens (tertiary/aromatic N) is 2. The molecule has 232 valence electrons. The molecule has 0 aliphatic heterocycles. The number of amides is 2. The third-order valence-corrected chi connectivity index (χ3v) is 9.32. The molecule has 0 radical (unpaired) electrons. The number of rotatable bonds is 13. The van der Waals surface area contributed by atoms with Gasteiger partial charge in [0.05, 0.1) is 24.8 Å². The molecular formula is C31H37Cl2N3O6S. The average Bonchev–Trinajstić information content (AvgIpc) is 2.96. The summed E-state index contributed by atoms with van der Waals surface area (Å²) in [6.07, 6.45) is 0.269. The molecular weight excluding hydrogens is 613 g/mol. The van der Waals surface area contributed by atoms with Crippen LogP contribution in [0.1, 0.15) is 37.0 Å². The lowest BCUT2D eigenvalue weighted by molar-refractivity contribution is -0.140. The third-order valence-electron chi connectivity index (χ3n) is 6.84. The number of hydrogen-bond acceptors (Lipinski definition) is 6. The van der Waals surface area contributed by atoms with E-state index in [1.807, 2.05) is 19.9 Å². The van der Waals surface area contributed by atoms with E-state index < -0.39 is 28.5 Å². The van der Waals surface area contributed by atoms with Crippen LogP contribution < -0.4 is 19.1 Å². The number of hydrogen-bond donors (Lipinski definition) is 1. The molecule has 3 aromatic carbocycles. The molecule has 0 saturated heterocycles. The minimum atomic E-state index is -4.33. The highest BCUT2D eigenvalue weighted by molar-refractivity contribution is 7.92. The van der Waals surface area contributed by atoms with Gasteiger partial charge in [0.15, 0.2) is 11.5 Å². The van der Waals surface area contributed by atoms with Gasteiger partial charge < -0.3 is 19.7 Å². The van der Waals surface area contributed by atoms with Gasteiger partial charge >= 0.3 is 0 Å². The third kappa shape index (κ3) is 7.93. The number of anilines is 1. The molecule has 1 N–H and O–H groups in total. The molecule has 9 nitrogen and oxygen atoms in total. The highest BCUT2D eigenvalue weighted by Gasteiger charge is 2.34. The second-order valence-corrected chi connectivity index (χ2v) is 12.6. The molecule has 3 aromatic rings. The first kappa shape index (κ1) is 34.0. The summed E-state index contributed by atoms with van der Waals surface area (Å²) < 4.78 is 40.2. The fourth-order valence-corrected chi connectivity index (χ4v) is 6.72. The van der Waals surface area contributed by atoms with Crippen LogP contribution in [-0.2, 0) is 26.2 Å². The van der Waals surface area contributed by atoms with Crippen LogP contribution in [0.15, 0.2) is 59.5 Å². The summed E-state index contributed by atoms with van der Waals surface area (Å²) in [7, 11) is -1.47. The van der Waals surface area contributed by atoms with Crippen molar-refractivity contribution >= 4 is 50.7 Å². The molecule has 0 fully saturated rings. The van der Waals surface area contributed by atoms with Crippen LogP contribution >= 0.6 is 23.2 Å². The molecule has 2 amide bonds. The molecule has 0 spiro atoms. The Morgan fingerprint density at radius 1 is 0.907 bits per heavy atom. The molecule has 0 aromatic heterocycles. The van der Waals surface area contributed by atoms with E-state index in [1.165, 1.54) is 37.3 Å². The Hall–Kier alpha value is -3.47. The fraction of sp³-hybridized carbons (Fsp3) is 0.355. The van der Waals surface area contributed by atoms with Crippen molar-refractivity contribution in [3.05, 3.63) is 81.3 Å². The maximum Gasteiger partial charge on any atom is 0.264 e. The normalized spacial score (nSPS) is 11.9. The van der Waals surface area contributed by atoms with Crippen LogP contribution in [0.25, 0.3) is 0 Å². The molecule has 0 aliphatic carbocycles. The van der Waals surface area contributed by atoms with Gasteiger partial charge in [-0.15, -0.1) is 0 Å². The Kier molecular flexibility index (Phi) is 11.7. The molecule has 12 heteroatoms. The monoisotopic (exact) mass is 649 g/mol. The Balaban J connectivity index is 2.17. The molecule has 0 aliphatic rings. The molecule has 1 atom stereocenters. The van der Waals surface area contributed by atoms with E-state index in [0.29, 0.717) is 33.6 Å². The van der Waals surface area contributed by atoms with Crippen molar-refractivity contribution in [1.29, 1.82) is 0 Å². The van der Waals surface area contributed by atoms with E-state index in [4.69, 9.17) is 32.7 Å². The lowest BCUT2D eigenvalue weighted by Crippen LogP contribution is -2.52. The van der Waals surface area contributed by atoms with Crippen molar-refractivity contribution < 1.29 is 27.5 Å². The maximum atomic E-state index is 14.3. The molecule has 3 rings (SSSR count). The van der Waals surface area contributed by atoms with Crippen LogP contribution in [0.5, 0.6) is 11.5 Å². The number of carbonyl (C=O) groups excluding carboxylic acids is 2. The molecule has 1 unspecified atom stereocenters. The quantitative estimate of drug-likeness (QED) is 0.252. The molecule has 0 bridgehead atoms. The van der Waals surface area contributed by atoms with Gasteiger partial charge in [0.2, 0.25) is 11.8 Å². The number of nitrogens with one attached hydrogen (secondary N) is 1. The van der Waals surface area contributed by atoms with Crippen LogP contribution in [0.2, 0.25) is 10.0 Å². The summed E-state index contributed by atoms with van der Waals surface area (Å²) >= 11 is 12.9. The van der Waals surface area contributed by atoms with Crippen LogP contribution in [-0.4, -0.2) is 58.5 Å². The van der Waals surface area contributed by atoms with E-state index in [-0.39, 0.29) is 29.5 Å². The van der Waals surface area contributed by atoms with Gasteiger partial charge in [-0.25, -0.2) is 8.42 Å². The van der Waals surface area contributed by atoms with E-state index >= 15 is 0 Å². The van der Waals surface area contributed by atoms with Gasteiger partial charge in [-0.3, -0.25) is 13.9 Å². The van der Waals surface area contributed by atoms with Gasteiger partial charge in [0, 0.05) is 34.8 Å². The SMILES string of the molecule is CCNC(=O)C(CC)N(Cc1c(Cl)cccc1Cl)C(=O)CN(c1cc(C)cc(C)c1)S(=O)(=O)c1ccc(OC)c(OC)c1. The highest BCUT2D eigenvalue weighted by Crippen LogP contribution is 2.33. The van der Waals surface area contributed by atoms with Crippen molar-refractivity contribution in [1.82, 2.24) is 10.2 Å². The minimum Gasteiger partial charge on any atom is -0.493 e. The molecule has 0 heterocycles. The number of likely N-dealkylation sites (N-methyl/N-ethyl adjacent to an activating group) is 1. The number of methoxy groups -OCH3 is 2. The first-order chi connectivity index (χ1) is 20.4. The van der Waals surface area contributed by atoms with Crippen molar-refractivity contribution in [3.63, 3.8) is 0 Å². The topological polar surface area (TPSA) is 105 Å². The van der Waals surface area contributed by atoms with Gasteiger partial charge in [-0.2, -0.15) is 0 Å². The van der Waals surface area contributed by atoms with E-state index in [2.05, 4.69) is 5.32 Å². The van der Waals surface area contributed by atoms with Crippen LogP contribution in [0.4, 0.5) is 5.69 Å². The standard InChI is InChI=1S/C31H37Cl2N3O6S/c1-7-27(31(38)34-8-2)35(18-24-25(32)10-9-11-26(24)33)30(37)19-36(22-15-20(3)14-21(4)16-22)43(39,40)23-12-13-28(41-5)29(17-23)42-6/h9-17,27H,7-8,18-19H2,1-6H3,(H,34,38). The second-order valence-electron chi connectivity index (χ2n) is 9.91. The Labute approximate surface area is 263 Å². The summed E-state index contributed by atoms with van der Waals surface area (Å²) in [5.74, 6) is -0.418. The first-order valence-electron chi connectivity index (χ1n) is 13.7. The maximum absolute atomic E-state index is 14.3. The van der Waals surface area contributed by atoms with Crippen LogP contribution in [0.3, 0.4) is 0 Å². The summed E-state index contributed by atoms with van der Waals surface area (Å²) in [5, 5.41) is 3.41. The van der Waals surface area contributed by atoms with Crippen molar-refractivity contribution in [3.8, 4) is 11.5 Å². The van der Waals surface area contributed by atoms with Crippen LogP contribution in [0, 0.1) is 13.8 Å². The van der Waals surface area contributed by atoms with Gasteiger partial charge in [0.1, 0.15) is 12.6 Å². The lowest BCUT2D eigenvalue weighted by Gasteiger charge is -2.33. The van der Waals surface area contributed by atoms with Crippen molar-refractivity contribution in [2.45, 2.75) is 51.6 Å². The largest absolute Gasteiger partial charge is 0.493 e. The number of aryl methyl sites for hydroxylation is 2. The van der Waals surface area contributed by atoms with Crippen molar-refractivity contribution in [2.24, 2.45) is 0 Å². The second kappa shape index (κ2) is 14.8. The zero-order valence-electron chi connectivity index (χ0n) is 25.1. The van der Waals surface area contributed by atoms with Gasteiger partial charge in [-0.05, 0) is 74.7 Å². The minimum absolute atomic E-state index is 0.103. The number of benzene rings is 3. The van der Waals surface area contributed by atoms with E-state index in [1.54, 1.807) is 44.2 Å². The molecule has 0 saturated carbocycles. The highest BCUT2D eigenvalue weighted by atomic mass is 35.5. The number of halogens is 2. The van der Waals surface area contributed by atoms with Crippen molar-refractivity contribution in [2.75, 3.05) is 31.6 Å². The summed E-state index contributed by atoms with van der Waals surface area (Å²) in [4.78, 5) is 28.6. The van der Waals surface area contributed by atoms with Gasteiger partial charge in [0.25, 0.3) is 10.0 Å². The zero-order chi connectivity index (χ0) is 31.9. The smallest absolute Gasteiger partial charge is 0.264 e. The van der Waals surface area contributed by atoms with E-state index in [9.17, 15) is 18.0 Å². The Morgan fingerprint density at radius 3 is 2.05 bits per heavy atom. The predicted molar refractivity (Wildman–Crippen MR) is 170 cm³/mol.